The van der Waals surface area contributed by atoms with Crippen LogP contribution in [0.15, 0.2) is 48.5 Å². The van der Waals surface area contributed by atoms with Crippen molar-refractivity contribution in [2.24, 2.45) is 35.5 Å². The van der Waals surface area contributed by atoms with Crippen LogP contribution < -0.4 is 0 Å². The third kappa shape index (κ3) is 6.60. The van der Waals surface area contributed by atoms with Crippen LogP contribution in [0.2, 0.25) is 0 Å². The Kier molecular flexibility index (Phi) is 11.0. The average Bonchev–Trinajstić information content (AvgIpc) is 3.00. The van der Waals surface area contributed by atoms with E-state index in [4.69, 9.17) is 9.47 Å². The van der Waals surface area contributed by atoms with E-state index < -0.39 is 35.0 Å². The fourth-order valence-corrected chi connectivity index (χ4v) is 7.92. The van der Waals surface area contributed by atoms with Gasteiger partial charge >= 0.3 is 11.9 Å². The maximum atomic E-state index is 15.0. The Hall–Kier alpha value is -3.64. The van der Waals surface area contributed by atoms with Crippen molar-refractivity contribution in [3.63, 3.8) is 0 Å². The molecule has 0 bridgehead atoms. The fourth-order valence-electron chi connectivity index (χ4n) is 7.92. The van der Waals surface area contributed by atoms with Crippen LogP contribution in [-0.2, 0) is 29.9 Å². The molecule has 2 aliphatic carbocycles. The number of nitrogens with zero attached hydrogens (tertiary/aromatic N) is 2. The first-order chi connectivity index (χ1) is 21.8. The molecule has 6 nitrogen and oxygen atoms in total. The summed E-state index contributed by atoms with van der Waals surface area (Å²) in [6.07, 6.45) is 4.32. The lowest BCUT2D eigenvalue weighted by molar-refractivity contribution is -0.173. The summed E-state index contributed by atoms with van der Waals surface area (Å²) in [6.45, 7) is 16.6. The van der Waals surface area contributed by atoms with Crippen molar-refractivity contribution in [2.75, 3.05) is 0 Å². The predicted octanol–water partition coefficient (Wildman–Crippen LogP) is 8.53. The van der Waals surface area contributed by atoms with E-state index in [1.165, 1.54) is 0 Å². The van der Waals surface area contributed by atoms with Gasteiger partial charge in [-0.15, -0.1) is 0 Å². The maximum absolute atomic E-state index is 15.0. The fraction of sp³-hybridized carbons (Fsp3) is 0.600. The first-order valence-corrected chi connectivity index (χ1v) is 17.2. The van der Waals surface area contributed by atoms with Crippen LogP contribution in [0.1, 0.15) is 102 Å². The van der Waals surface area contributed by atoms with Crippen LogP contribution in [0.4, 0.5) is 0 Å². The van der Waals surface area contributed by atoms with Gasteiger partial charge in [0.25, 0.3) is 0 Å². The SMILES string of the molecule is Cc1ccc([C@](C#N)(C(=O)O[C@@H]2C[C@H](C)CC[C@H]2C(C)C)[C@@](C#N)(C(=O)O[C@@H]2C[C@H](C)CC[C@H]2C(C)C)c2ccc(C)cc2)cc1. The summed E-state index contributed by atoms with van der Waals surface area (Å²) in [4.78, 5) is 30.0. The molecule has 8 atom stereocenters. The number of hydrogen-bond acceptors (Lipinski definition) is 6. The van der Waals surface area contributed by atoms with E-state index in [1.807, 2.05) is 13.8 Å². The van der Waals surface area contributed by atoms with Crippen LogP contribution in [0, 0.1) is 72.0 Å². The van der Waals surface area contributed by atoms with Crippen molar-refractivity contribution in [1.82, 2.24) is 0 Å². The smallest absolute Gasteiger partial charge is 0.334 e. The molecule has 2 aromatic rings. The first-order valence-electron chi connectivity index (χ1n) is 17.2. The number of hydrogen-bond donors (Lipinski definition) is 0. The standard InChI is InChI=1S/C40H52N2O4/c1-25(2)33-19-13-29(7)21-35(33)45-37(43)39(23-41,31-15-9-27(5)10-16-31)40(24-42,32-17-11-28(6)12-18-32)38(44)46-36-22-30(8)14-20-34(36)26(3)4/h9-12,15-18,25-26,29-30,33-36H,13-14,19-22H2,1-8H3/t29-,30-,33+,34+,35-,36-,39-,40-/m1/s1. The highest BCUT2D eigenvalue weighted by atomic mass is 16.6. The van der Waals surface area contributed by atoms with Crippen LogP contribution in [0.25, 0.3) is 0 Å². The normalized spacial score (nSPS) is 27.5. The molecule has 0 heterocycles. The van der Waals surface area contributed by atoms with Crippen molar-refractivity contribution in [2.45, 2.75) is 117 Å². The molecule has 0 spiro atoms. The summed E-state index contributed by atoms with van der Waals surface area (Å²) in [6, 6.07) is 18.4. The number of nitriles is 2. The number of esters is 2. The summed E-state index contributed by atoms with van der Waals surface area (Å²) in [5.41, 5.74) is -2.35. The molecule has 0 radical (unpaired) electrons. The van der Waals surface area contributed by atoms with Crippen molar-refractivity contribution >= 4 is 11.9 Å². The Bertz CT molecular complexity index is 1340. The number of aryl methyl sites for hydroxylation is 2. The molecule has 0 aromatic heterocycles. The number of carbonyl (C=O) groups is 2. The van der Waals surface area contributed by atoms with Gasteiger partial charge in [-0.2, -0.15) is 10.5 Å². The highest BCUT2D eigenvalue weighted by Crippen LogP contribution is 2.49. The van der Waals surface area contributed by atoms with Crippen molar-refractivity contribution in [3.05, 3.63) is 70.8 Å². The second-order valence-corrected chi connectivity index (χ2v) is 15.0. The Labute approximate surface area is 276 Å². The quantitative estimate of drug-likeness (QED) is 0.259. The number of benzene rings is 2. The minimum absolute atomic E-state index is 0.105. The van der Waals surface area contributed by atoms with Crippen LogP contribution in [0.3, 0.4) is 0 Å². The zero-order valence-corrected chi connectivity index (χ0v) is 29.0. The van der Waals surface area contributed by atoms with E-state index in [2.05, 4.69) is 53.7 Å². The molecular weight excluding hydrogens is 572 g/mol. The minimum Gasteiger partial charge on any atom is -0.461 e. The highest BCUT2D eigenvalue weighted by molar-refractivity contribution is 6.02. The van der Waals surface area contributed by atoms with Gasteiger partial charge in [-0.3, -0.25) is 0 Å². The molecule has 246 valence electrons. The molecule has 0 N–H and O–H groups in total. The Morgan fingerprint density at radius 2 is 0.978 bits per heavy atom. The van der Waals surface area contributed by atoms with Crippen LogP contribution in [-0.4, -0.2) is 24.1 Å². The first kappa shape index (κ1) is 35.2. The average molecular weight is 625 g/mol. The molecule has 2 fully saturated rings. The van der Waals surface area contributed by atoms with Gasteiger partial charge in [-0.25, -0.2) is 9.59 Å². The summed E-state index contributed by atoms with van der Waals surface area (Å²) in [5.74, 6) is -0.350. The van der Waals surface area contributed by atoms with Crippen molar-refractivity contribution in [1.29, 1.82) is 10.5 Å². The third-order valence-electron chi connectivity index (χ3n) is 10.9. The van der Waals surface area contributed by atoms with E-state index in [-0.39, 0.29) is 34.8 Å². The molecule has 46 heavy (non-hydrogen) atoms. The Balaban J connectivity index is 1.96. The van der Waals surface area contributed by atoms with E-state index in [9.17, 15) is 20.1 Å². The molecule has 0 unspecified atom stereocenters. The number of ether oxygens (including phenoxy) is 2. The van der Waals surface area contributed by atoms with Gasteiger partial charge in [0.1, 0.15) is 12.2 Å². The molecule has 0 amide bonds. The van der Waals surface area contributed by atoms with Gasteiger partial charge in [0.15, 0.2) is 0 Å². The van der Waals surface area contributed by atoms with E-state index >= 15 is 0 Å². The monoisotopic (exact) mass is 624 g/mol. The third-order valence-corrected chi connectivity index (χ3v) is 10.9. The van der Waals surface area contributed by atoms with Gasteiger partial charge in [0.05, 0.1) is 12.1 Å². The molecule has 2 aromatic carbocycles. The van der Waals surface area contributed by atoms with E-state index in [0.29, 0.717) is 24.7 Å². The molecule has 2 aliphatic rings. The van der Waals surface area contributed by atoms with Gasteiger partial charge < -0.3 is 9.47 Å². The highest BCUT2D eigenvalue weighted by Gasteiger charge is 2.68. The lowest BCUT2D eigenvalue weighted by Gasteiger charge is -2.43. The molecule has 0 saturated heterocycles. The van der Waals surface area contributed by atoms with Crippen molar-refractivity contribution in [3.8, 4) is 12.1 Å². The summed E-state index contributed by atoms with van der Waals surface area (Å²) in [5, 5.41) is 22.7. The Morgan fingerprint density at radius 1 is 0.652 bits per heavy atom. The van der Waals surface area contributed by atoms with Gasteiger partial charge in [0, 0.05) is 0 Å². The van der Waals surface area contributed by atoms with Crippen molar-refractivity contribution < 1.29 is 19.1 Å². The molecule has 0 aliphatic heterocycles. The lowest BCUT2D eigenvalue weighted by Crippen LogP contribution is -2.60. The molecule has 2 saturated carbocycles. The van der Waals surface area contributed by atoms with Gasteiger partial charge in [-0.05, 0) is 86.2 Å². The Morgan fingerprint density at radius 3 is 1.26 bits per heavy atom. The summed E-state index contributed by atoms with van der Waals surface area (Å²) >= 11 is 0. The largest absolute Gasteiger partial charge is 0.461 e. The number of carbonyl (C=O) groups excluding carboxylic acids is 2. The zero-order valence-electron chi connectivity index (χ0n) is 29.0. The van der Waals surface area contributed by atoms with E-state index in [1.54, 1.807) is 48.5 Å². The topological polar surface area (TPSA) is 100 Å². The number of rotatable bonds is 9. The zero-order chi connectivity index (χ0) is 33.8. The van der Waals surface area contributed by atoms with Gasteiger partial charge in [-0.1, -0.05) is 114 Å². The van der Waals surface area contributed by atoms with Gasteiger partial charge in [0.2, 0.25) is 10.8 Å². The molecule has 6 heteroatoms. The molecule has 4 rings (SSSR count). The lowest BCUT2D eigenvalue weighted by atomic mass is 9.57. The van der Waals surface area contributed by atoms with Crippen LogP contribution >= 0.6 is 0 Å². The maximum Gasteiger partial charge on any atom is 0.334 e. The molecular formula is C40H52N2O4. The minimum atomic E-state index is -2.34. The van der Waals surface area contributed by atoms with E-state index in [0.717, 1.165) is 36.8 Å². The van der Waals surface area contributed by atoms with Crippen LogP contribution in [0.5, 0.6) is 0 Å². The second-order valence-electron chi connectivity index (χ2n) is 15.0. The summed E-state index contributed by atoms with van der Waals surface area (Å²) < 4.78 is 12.9. The second kappa shape index (κ2) is 14.4. The predicted molar refractivity (Wildman–Crippen MR) is 179 cm³/mol. The summed E-state index contributed by atoms with van der Waals surface area (Å²) in [7, 11) is 0.